The van der Waals surface area contributed by atoms with Crippen molar-refractivity contribution in [1.29, 1.82) is 0 Å². The molecule has 2 aromatic rings. The fraction of sp³-hybridized carbons (Fsp3) is 0.444. The molecule has 0 saturated heterocycles. The van der Waals surface area contributed by atoms with Crippen molar-refractivity contribution in [1.82, 2.24) is 5.43 Å². The monoisotopic (exact) mass is 330 g/mol. The summed E-state index contributed by atoms with van der Waals surface area (Å²) in [4.78, 5) is 13.7. The molecule has 122 valence electrons. The number of furan rings is 1. The first-order valence-corrected chi connectivity index (χ1v) is 8.78. The van der Waals surface area contributed by atoms with E-state index in [1.54, 1.807) is 36.1 Å². The fourth-order valence-corrected chi connectivity index (χ4v) is 4.18. The van der Waals surface area contributed by atoms with Crippen LogP contribution in [0.4, 0.5) is 0 Å². The molecule has 0 unspecified atom stereocenters. The second kappa shape index (κ2) is 6.32. The number of thiophene rings is 1. The number of carbonyl (C=O) groups excluding carboxylic acids is 1. The summed E-state index contributed by atoms with van der Waals surface area (Å²) >= 11 is 1.70. The molecule has 1 N–H and O–H groups in total. The molecule has 23 heavy (non-hydrogen) atoms. The zero-order valence-corrected chi connectivity index (χ0v) is 14.6. The normalized spacial score (nSPS) is 18.1. The highest BCUT2D eigenvalue weighted by Crippen LogP contribution is 2.40. The van der Waals surface area contributed by atoms with Crippen molar-refractivity contribution in [3.63, 3.8) is 0 Å². The van der Waals surface area contributed by atoms with Crippen LogP contribution in [0.25, 0.3) is 0 Å². The minimum Gasteiger partial charge on any atom is -0.472 e. The summed E-state index contributed by atoms with van der Waals surface area (Å²) in [5, 5.41) is 5.96. The number of hydrogen-bond acceptors (Lipinski definition) is 4. The Kier molecular flexibility index (Phi) is 4.39. The molecule has 1 amide bonds. The number of rotatable bonds is 3. The number of nitrogens with one attached hydrogen (secondary N) is 1. The fourth-order valence-electron chi connectivity index (χ4n) is 3.02. The van der Waals surface area contributed by atoms with Crippen molar-refractivity contribution in [3.8, 4) is 0 Å². The van der Waals surface area contributed by atoms with Crippen LogP contribution in [0, 0.1) is 11.3 Å². The maximum Gasteiger partial charge on any atom is 0.272 e. The minimum atomic E-state index is -0.128. The molecule has 0 aliphatic heterocycles. The lowest BCUT2D eigenvalue weighted by Crippen LogP contribution is -2.27. The predicted octanol–water partition coefficient (Wildman–Crippen LogP) is 4.26. The molecule has 0 spiro atoms. The lowest BCUT2D eigenvalue weighted by Gasteiger charge is -2.33. The molecule has 4 nitrogen and oxygen atoms in total. The van der Waals surface area contributed by atoms with Crippen molar-refractivity contribution in [3.05, 3.63) is 45.5 Å². The zero-order chi connectivity index (χ0) is 16.4. The van der Waals surface area contributed by atoms with Gasteiger partial charge in [-0.25, -0.2) is 5.43 Å². The van der Waals surface area contributed by atoms with E-state index in [9.17, 15) is 4.79 Å². The number of nitrogens with zero attached hydrogens (tertiary/aromatic N) is 1. The third kappa shape index (κ3) is 3.55. The number of carbonyl (C=O) groups is 1. The number of amides is 1. The van der Waals surface area contributed by atoms with Crippen LogP contribution in [-0.4, -0.2) is 12.1 Å². The van der Waals surface area contributed by atoms with Gasteiger partial charge in [-0.05, 0) is 42.2 Å². The summed E-state index contributed by atoms with van der Waals surface area (Å²) < 4.78 is 4.95. The first kappa shape index (κ1) is 16.0. The highest BCUT2D eigenvalue weighted by atomic mass is 32.1. The van der Waals surface area contributed by atoms with E-state index in [1.165, 1.54) is 10.4 Å². The predicted molar refractivity (Wildman–Crippen MR) is 93.1 cm³/mol. The molecule has 0 fully saturated rings. The second-order valence-electron chi connectivity index (χ2n) is 7.11. The quantitative estimate of drug-likeness (QED) is 0.675. The van der Waals surface area contributed by atoms with Crippen LogP contribution >= 0.6 is 11.3 Å². The average Bonchev–Trinajstić information content (AvgIpc) is 3.14. The highest BCUT2D eigenvalue weighted by molar-refractivity contribution is 7.10. The molecule has 2 aromatic heterocycles. The van der Waals surface area contributed by atoms with E-state index >= 15 is 0 Å². The van der Waals surface area contributed by atoms with E-state index < -0.39 is 0 Å². The van der Waals surface area contributed by atoms with E-state index in [0.717, 1.165) is 30.4 Å². The van der Waals surface area contributed by atoms with Crippen molar-refractivity contribution in [2.45, 2.75) is 40.0 Å². The molecule has 2 heterocycles. The van der Waals surface area contributed by atoms with Crippen LogP contribution in [0.2, 0.25) is 0 Å². The maximum atomic E-state index is 12.3. The van der Waals surface area contributed by atoms with Gasteiger partial charge in [-0.15, -0.1) is 11.3 Å². The molecular weight excluding hydrogens is 308 g/mol. The molecule has 5 heteroatoms. The summed E-state index contributed by atoms with van der Waals surface area (Å²) in [5.74, 6) is 0.556. The van der Waals surface area contributed by atoms with E-state index in [0.29, 0.717) is 11.3 Å². The first-order chi connectivity index (χ1) is 10.9. The molecule has 0 bridgehead atoms. The first-order valence-electron chi connectivity index (χ1n) is 7.90. The largest absolute Gasteiger partial charge is 0.472 e. The Bertz CT molecular complexity index is 708. The standard InChI is InChI=1S/C18H22N2O2S/c1-18(2,3)13-4-5-14-15(11-23-16(14)8-13)17(21)20-19-9-12-6-7-22-10-12/h6-7,9-11,13H,4-5,8H2,1-3H3,(H,20,21)/b19-9-/t13-/m1/s1. The van der Waals surface area contributed by atoms with Crippen LogP contribution in [0.1, 0.15) is 53.6 Å². The minimum absolute atomic E-state index is 0.128. The molecule has 0 saturated carbocycles. The average molecular weight is 330 g/mol. The Morgan fingerprint density at radius 1 is 1.48 bits per heavy atom. The number of hydrazone groups is 1. The SMILES string of the molecule is CC(C)(C)[C@@H]1CCc2c(C(=O)N/N=C\c3ccoc3)csc2C1. The zero-order valence-electron chi connectivity index (χ0n) is 13.8. The Labute approximate surface area is 140 Å². The van der Waals surface area contributed by atoms with Gasteiger partial charge in [0.25, 0.3) is 5.91 Å². The Hall–Kier alpha value is -1.88. The van der Waals surface area contributed by atoms with Gasteiger partial charge in [-0.3, -0.25) is 4.79 Å². The van der Waals surface area contributed by atoms with Crippen molar-refractivity contribution < 1.29 is 9.21 Å². The van der Waals surface area contributed by atoms with E-state index in [2.05, 4.69) is 31.3 Å². The lowest BCUT2D eigenvalue weighted by molar-refractivity contribution is 0.0954. The van der Waals surface area contributed by atoms with Crippen molar-refractivity contribution in [2.75, 3.05) is 0 Å². The Morgan fingerprint density at radius 3 is 3.00 bits per heavy atom. The van der Waals surface area contributed by atoms with Crippen LogP contribution in [-0.2, 0) is 12.8 Å². The molecule has 0 radical (unpaired) electrons. The molecule has 1 atom stereocenters. The van der Waals surface area contributed by atoms with Gasteiger partial charge in [0.1, 0.15) is 0 Å². The number of hydrogen-bond donors (Lipinski definition) is 1. The van der Waals surface area contributed by atoms with E-state index in [4.69, 9.17) is 4.42 Å². The van der Waals surface area contributed by atoms with E-state index in [1.807, 2.05) is 5.38 Å². The summed E-state index contributed by atoms with van der Waals surface area (Å²) in [6.07, 6.45) is 7.94. The topological polar surface area (TPSA) is 54.6 Å². The van der Waals surface area contributed by atoms with Gasteiger partial charge in [0.15, 0.2) is 0 Å². The molecular formula is C18H22N2O2S. The van der Waals surface area contributed by atoms with Gasteiger partial charge >= 0.3 is 0 Å². The highest BCUT2D eigenvalue weighted by Gasteiger charge is 2.31. The molecule has 1 aliphatic carbocycles. The van der Waals surface area contributed by atoms with Crippen LogP contribution in [0.15, 0.2) is 33.5 Å². The van der Waals surface area contributed by atoms with Gasteiger partial charge in [0.05, 0.1) is 24.3 Å². The van der Waals surface area contributed by atoms with E-state index in [-0.39, 0.29) is 5.91 Å². The molecule has 0 aromatic carbocycles. The number of fused-ring (bicyclic) bond motifs is 1. The third-order valence-electron chi connectivity index (χ3n) is 4.55. The second-order valence-corrected chi connectivity index (χ2v) is 8.08. The summed E-state index contributed by atoms with van der Waals surface area (Å²) in [6.45, 7) is 6.90. The third-order valence-corrected chi connectivity index (χ3v) is 5.60. The van der Waals surface area contributed by atoms with Gasteiger partial charge in [-0.1, -0.05) is 20.8 Å². The maximum absolute atomic E-state index is 12.3. The van der Waals surface area contributed by atoms with Crippen LogP contribution in [0.3, 0.4) is 0 Å². The Balaban J connectivity index is 1.68. The molecule has 1 aliphatic rings. The van der Waals surface area contributed by atoms with Gasteiger partial charge in [0, 0.05) is 15.8 Å². The smallest absolute Gasteiger partial charge is 0.272 e. The van der Waals surface area contributed by atoms with Crippen LogP contribution in [0.5, 0.6) is 0 Å². The van der Waals surface area contributed by atoms with Gasteiger partial charge < -0.3 is 4.42 Å². The Morgan fingerprint density at radius 2 is 2.30 bits per heavy atom. The van der Waals surface area contributed by atoms with Crippen molar-refractivity contribution >= 4 is 23.5 Å². The van der Waals surface area contributed by atoms with Gasteiger partial charge in [0.2, 0.25) is 0 Å². The summed E-state index contributed by atoms with van der Waals surface area (Å²) in [7, 11) is 0. The van der Waals surface area contributed by atoms with Gasteiger partial charge in [-0.2, -0.15) is 5.10 Å². The lowest BCUT2D eigenvalue weighted by atomic mass is 9.72. The van der Waals surface area contributed by atoms with Crippen molar-refractivity contribution in [2.24, 2.45) is 16.4 Å². The van der Waals surface area contributed by atoms with Crippen LogP contribution < -0.4 is 5.43 Å². The molecule has 3 rings (SSSR count). The summed E-state index contributed by atoms with van der Waals surface area (Å²) in [5.41, 5.74) is 5.75. The summed E-state index contributed by atoms with van der Waals surface area (Å²) in [6, 6.07) is 1.79.